The van der Waals surface area contributed by atoms with Crippen molar-refractivity contribution in [3.8, 4) is 0 Å². The molecule has 29 heavy (non-hydrogen) atoms. The van der Waals surface area contributed by atoms with Gasteiger partial charge in [-0.25, -0.2) is 9.97 Å². The maximum Gasteiger partial charge on any atom is 0.297 e. The molecule has 0 atom stereocenters. The Morgan fingerprint density at radius 2 is 1.55 bits per heavy atom. The topological polar surface area (TPSA) is 75.6 Å². The third-order valence-corrected chi connectivity index (χ3v) is 7.26. The van der Waals surface area contributed by atoms with Gasteiger partial charge in [-0.2, -0.15) is 8.42 Å². The molecule has 0 radical (unpaired) electrons. The second kappa shape index (κ2) is 8.77. The zero-order chi connectivity index (χ0) is 20.3. The lowest BCUT2D eigenvalue weighted by Gasteiger charge is -2.41. The zero-order valence-electron chi connectivity index (χ0n) is 16.8. The molecule has 0 spiro atoms. The van der Waals surface area contributed by atoms with Gasteiger partial charge < -0.3 is 4.90 Å². The number of hydrogen-bond acceptors (Lipinski definition) is 7. The summed E-state index contributed by atoms with van der Waals surface area (Å²) in [6, 6.07) is 9.16. The largest absolute Gasteiger partial charge is 0.338 e. The molecule has 2 fully saturated rings. The lowest BCUT2D eigenvalue weighted by atomic mass is 9.91. The van der Waals surface area contributed by atoms with Crippen LogP contribution in [0.5, 0.6) is 0 Å². The smallest absolute Gasteiger partial charge is 0.297 e. The molecule has 1 aromatic heterocycles. The van der Waals surface area contributed by atoms with Gasteiger partial charge in [0.05, 0.1) is 11.0 Å². The van der Waals surface area contributed by atoms with E-state index in [1.54, 1.807) is 36.7 Å². The summed E-state index contributed by atoms with van der Waals surface area (Å²) in [6.07, 6.45) is 6.82. The Hall–Kier alpha value is -2.03. The minimum Gasteiger partial charge on any atom is -0.338 e. The van der Waals surface area contributed by atoms with Gasteiger partial charge in [0.1, 0.15) is 0 Å². The minimum absolute atomic E-state index is 0.225. The van der Waals surface area contributed by atoms with Gasteiger partial charge in [-0.05, 0) is 50.8 Å². The molecule has 4 rings (SSSR count). The predicted octanol–water partition coefficient (Wildman–Crippen LogP) is 2.62. The number of anilines is 1. The van der Waals surface area contributed by atoms with Crippen molar-refractivity contribution in [1.82, 2.24) is 14.9 Å². The SMILES string of the molecule is Cc1ccc(S(=O)(=O)OC2CCC(N3CCN(c4ncccn4)CC3)CC2)cc1. The van der Waals surface area contributed by atoms with Crippen LogP contribution in [-0.4, -0.2) is 61.6 Å². The number of aromatic nitrogens is 2. The van der Waals surface area contributed by atoms with Crippen molar-refractivity contribution in [2.45, 2.75) is 49.6 Å². The monoisotopic (exact) mass is 416 g/mol. The Kier molecular flexibility index (Phi) is 6.12. The second-order valence-corrected chi connectivity index (χ2v) is 9.44. The van der Waals surface area contributed by atoms with Crippen LogP contribution in [-0.2, 0) is 14.3 Å². The quantitative estimate of drug-likeness (QED) is 0.694. The van der Waals surface area contributed by atoms with Crippen LogP contribution >= 0.6 is 0 Å². The number of benzene rings is 1. The highest BCUT2D eigenvalue weighted by atomic mass is 32.2. The molecular weight excluding hydrogens is 388 g/mol. The Balaban J connectivity index is 1.26. The molecule has 7 nitrogen and oxygen atoms in total. The fourth-order valence-corrected chi connectivity index (χ4v) is 5.32. The van der Waals surface area contributed by atoms with Crippen molar-refractivity contribution in [2.75, 3.05) is 31.1 Å². The van der Waals surface area contributed by atoms with E-state index in [0.29, 0.717) is 6.04 Å². The summed E-state index contributed by atoms with van der Waals surface area (Å²) in [4.78, 5) is 13.7. The predicted molar refractivity (Wildman–Crippen MR) is 111 cm³/mol. The third kappa shape index (κ3) is 4.94. The second-order valence-electron chi connectivity index (χ2n) is 7.87. The fourth-order valence-electron chi connectivity index (χ4n) is 4.19. The average molecular weight is 417 g/mol. The lowest BCUT2D eigenvalue weighted by molar-refractivity contribution is 0.0878. The highest BCUT2D eigenvalue weighted by Gasteiger charge is 2.31. The van der Waals surface area contributed by atoms with Crippen LogP contribution in [0.1, 0.15) is 31.2 Å². The van der Waals surface area contributed by atoms with Crippen LogP contribution in [0.25, 0.3) is 0 Å². The van der Waals surface area contributed by atoms with Crippen LogP contribution in [0.2, 0.25) is 0 Å². The maximum absolute atomic E-state index is 12.5. The van der Waals surface area contributed by atoms with Gasteiger partial charge in [0.2, 0.25) is 5.95 Å². The molecule has 1 aliphatic heterocycles. The van der Waals surface area contributed by atoms with E-state index in [-0.39, 0.29) is 11.0 Å². The third-order valence-electron chi connectivity index (χ3n) is 5.88. The molecule has 0 bridgehead atoms. The molecule has 1 aromatic carbocycles. The van der Waals surface area contributed by atoms with Crippen LogP contribution in [0.3, 0.4) is 0 Å². The first kappa shape index (κ1) is 20.3. The van der Waals surface area contributed by atoms with E-state index in [9.17, 15) is 8.42 Å². The summed E-state index contributed by atoms with van der Waals surface area (Å²) in [7, 11) is -3.69. The van der Waals surface area contributed by atoms with Crippen LogP contribution in [0.15, 0.2) is 47.6 Å². The summed E-state index contributed by atoms with van der Waals surface area (Å²) < 4.78 is 30.6. The van der Waals surface area contributed by atoms with Crippen molar-refractivity contribution < 1.29 is 12.6 Å². The highest BCUT2D eigenvalue weighted by molar-refractivity contribution is 7.86. The van der Waals surface area contributed by atoms with Crippen molar-refractivity contribution in [3.63, 3.8) is 0 Å². The van der Waals surface area contributed by atoms with Gasteiger partial charge in [0.15, 0.2) is 0 Å². The van der Waals surface area contributed by atoms with Gasteiger partial charge in [-0.3, -0.25) is 9.08 Å². The normalized spacial score (nSPS) is 23.8. The molecule has 2 aliphatic rings. The van der Waals surface area contributed by atoms with Crippen molar-refractivity contribution in [1.29, 1.82) is 0 Å². The first-order valence-corrected chi connectivity index (χ1v) is 11.7. The van der Waals surface area contributed by atoms with Gasteiger partial charge in [-0.1, -0.05) is 17.7 Å². The van der Waals surface area contributed by atoms with E-state index in [1.807, 2.05) is 13.0 Å². The Bertz CT molecular complexity index is 889. The van der Waals surface area contributed by atoms with Crippen molar-refractivity contribution in [2.24, 2.45) is 0 Å². The first-order valence-electron chi connectivity index (χ1n) is 10.3. The van der Waals surface area contributed by atoms with Gasteiger partial charge >= 0.3 is 0 Å². The van der Waals surface area contributed by atoms with Crippen molar-refractivity contribution in [3.05, 3.63) is 48.3 Å². The van der Waals surface area contributed by atoms with E-state index >= 15 is 0 Å². The summed E-state index contributed by atoms with van der Waals surface area (Å²) in [6.45, 7) is 5.74. The number of aryl methyl sites for hydroxylation is 1. The lowest BCUT2D eigenvalue weighted by Crippen LogP contribution is -2.52. The Morgan fingerprint density at radius 1 is 0.931 bits per heavy atom. The summed E-state index contributed by atoms with van der Waals surface area (Å²) in [5.74, 6) is 0.797. The number of nitrogens with zero attached hydrogens (tertiary/aromatic N) is 4. The minimum atomic E-state index is -3.69. The van der Waals surface area contributed by atoms with Crippen LogP contribution < -0.4 is 4.90 Å². The molecule has 1 saturated carbocycles. The van der Waals surface area contributed by atoms with Gasteiger partial charge in [0.25, 0.3) is 10.1 Å². The number of piperazine rings is 1. The van der Waals surface area contributed by atoms with E-state index in [2.05, 4.69) is 19.8 Å². The summed E-state index contributed by atoms with van der Waals surface area (Å²) >= 11 is 0. The Labute approximate surface area is 172 Å². The van der Waals surface area contributed by atoms with E-state index < -0.39 is 10.1 Å². The van der Waals surface area contributed by atoms with E-state index in [1.165, 1.54) is 0 Å². The number of hydrogen-bond donors (Lipinski definition) is 0. The summed E-state index contributed by atoms with van der Waals surface area (Å²) in [5.41, 5.74) is 1.03. The van der Waals surface area contributed by atoms with Gasteiger partial charge in [0, 0.05) is 44.6 Å². The van der Waals surface area contributed by atoms with Gasteiger partial charge in [-0.15, -0.1) is 0 Å². The molecule has 0 unspecified atom stereocenters. The maximum atomic E-state index is 12.5. The van der Waals surface area contributed by atoms with E-state index in [0.717, 1.165) is 63.4 Å². The molecule has 1 aliphatic carbocycles. The van der Waals surface area contributed by atoms with E-state index in [4.69, 9.17) is 4.18 Å². The number of rotatable bonds is 5. The molecular formula is C21H28N4O3S. The molecule has 0 amide bonds. The zero-order valence-corrected chi connectivity index (χ0v) is 17.6. The molecule has 2 heterocycles. The average Bonchev–Trinajstić information content (AvgIpc) is 2.75. The first-order chi connectivity index (χ1) is 14.0. The van der Waals surface area contributed by atoms with Crippen LogP contribution in [0.4, 0.5) is 5.95 Å². The standard InChI is InChI=1S/C21H28N4O3S/c1-17-3-9-20(10-4-17)29(26,27)28-19-7-5-18(6-8-19)24-13-15-25(16-14-24)21-22-11-2-12-23-21/h2-4,9-12,18-19H,5-8,13-16H2,1H3. The molecule has 156 valence electrons. The van der Waals surface area contributed by atoms with Crippen LogP contribution in [0, 0.1) is 6.92 Å². The molecule has 1 saturated heterocycles. The fraction of sp³-hybridized carbons (Fsp3) is 0.524. The Morgan fingerprint density at radius 3 is 2.17 bits per heavy atom. The molecule has 0 N–H and O–H groups in total. The summed E-state index contributed by atoms with van der Waals surface area (Å²) in [5, 5.41) is 0. The highest BCUT2D eigenvalue weighted by Crippen LogP contribution is 2.28. The molecule has 2 aromatic rings. The molecule has 8 heteroatoms. The van der Waals surface area contributed by atoms with Crippen molar-refractivity contribution >= 4 is 16.1 Å².